The summed E-state index contributed by atoms with van der Waals surface area (Å²) in [7, 11) is 1.96. The van der Waals surface area contributed by atoms with Crippen LogP contribution in [0.25, 0.3) is 10.8 Å². The first-order valence-corrected chi connectivity index (χ1v) is 8.71. The van der Waals surface area contributed by atoms with E-state index in [1.165, 1.54) is 27.5 Å². The molecule has 0 unspecified atom stereocenters. The highest BCUT2D eigenvalue weighted by atomic mass is 15.2. The van der Waals surface area contributed by atoms with Gasteiger partial charge in [-0.3, -0.25) is 0 Å². The molecular weight excluding hydrogens is 294 g/mol. The molecule has 1 aliphatic heterocycles. The largest absolute Gasteiger partial charge is 0.386 e. The Morgan fingerprint density at radius 1 is 1.08 bits per heavy atom. The predicted octanol–water partition coefficient (Wildman–Crippen LogP) is 4.40. The van der Waals surface area contributed by atoms with Gasteiger partial charge in [0.25, 0.3) is 0 Å². The minimum atomic E-state index is 0.938. The van der Waals surface area contributed by atoms with Crippen LogP contribution >= 0.6 is 0 Å². The SMILES string of the molecule is CCc1ccc2c(NC)cnc(N3CCc4ccccc4C3)c2c1. The molecule has 0 saturated heterocycles. The molecule has 0 aliphatic carbocycles. The van der Waals surface area contributed by atoms with E-state index in [4.69, 9.17) is 4.98 Å². The van der Waals surface area contributed by atoms with Crippen LogP contribution in [0.2, 0.25) is 0 Å². The number of aryl methyl sites for hydroxylation is 1. The topological polar surface area (TPSA) is 28.2 Å². The lowest BCUT2D eigenvalue weighted by atomic mass is 9.99. The van der Waals surface area contributed by atoms with Crippen molar-refractivity contribution < 1.29 is 0 Å². The standard InChI is InChI=1S/C21H23N3/c1-3-15-8-9-18-19(12-15)21(23-13-20(18)22-2)24-11-10-16-6-4-5-7-17(16)14-24/h4-9,12-13,22H,3,10-11,14H2,1-2H3. The average molecular weight is 317 g/mol. The van der Waals surface area contributed by atoms with Crippen LogP contribution in [-0.2, 0) is 19.4 Å². The molecule has 1 N–H and O–H groups in total. The number of pyridine rings is 1. The van der Waals surface area contributed by atoms with Crippen LogP contribution in [0.3, 0.4) is 0 Å². The third-order valence-corrected chi connectivity index (χ3v) is 5.04. The van der Waals surface area contributed by atoms with Crippen LogP contribution in [0.5, 0.6) is 0 Å². The van der Waals surface area contributed by atoms with Crippen LogP contribution in [0.15, 0.2) is 48.7 Å². The third-order valence-electron chi connectivity index (χ3n) is 5.04. The smallest absolute Gasteiger partial charge is 0.136 e. The van der Waals surface area contributed by atoms with Crippen molar-refractivity contribution in [2.24, 2.45) is 0 Å². The lowest BCUT2D eigenvalue weighted by molar-refractivity contribution is 0.724. The highest BCUT2D eigenvalue weighted by Gasteiger charge is 2.19. The normalized spacial score (nSPS) is 13.8. The van der Waals surface area contributed by atoms with E-state index >= 15 is 0 Å². The van der Waals surface area contributed by atoms with Gasteiger partial charge in [-0.05, 0) is 35.6 Å². The van der Waals surface area contributed by atoms with Crippen molar-refractivity contribution in [2.75, 3.05) is 23.8 Å². The van der Waals surface area contributed by atoms with Crippen molar-refractivity contribution in [2.45, 2.75) is 26.3 Å². The monoisotopic (exact) mass is 317 g/mol. The van der Waals surface area contributed by atoms with Gasteiger partial charge in [0.2, 0.25) is 0 Å². The average Bonchev–Trinajstić information content (AvgIpc) is 2.66. The van der Waals surface area contributed by atoms with Gasteiger partial charge < -0.3 is 10.2 Å². The molecule has 2 aromatic carbocycles. The fraction of sp³-hybridized carbons (Fsp3) is 0.286. The number of hydrogen-bond donors (Lipinski definition) is 1. The molecule has 0 saturated carbocycles. The van der Waals surface area contributed by atoms with E-state index in [1.807, 2.05) is 13.2 Å². The zero-order valence-corrected chi connectivity index (χ0v) is 14.3. The summed E-state index contributed by atoms with van der Waals surface area (Å²) in [6, 6.07) is 15.5. The number of nitrogens with one attached hydrogen (secondary N) is 1. The number of hydrogen-bond acceptors (Lipinski definition) is 3. The zero-order chi connectivity index (χ0) is 16.5. The predicted molar refractivity (Wildman–Crippen MR) is 102 cm³/mol. The maximum absolute atomic E-state index is 4.81. The van der Waals surface area contributed by atoms with E-state index in [2.05, 4.69) is 59.6 Å². The van der Waals surface area contributed by atoms with Gasteiger partial charge in [-0.15, -0.1) is 0 Å². The molecular formula is C21H23N3. The number of benzene rings is 2. The Morgan fingerprint density at radius 2 is 1.92 bits per heavy atom. The summed E-state index contributed by atoms with van der Waals surface area (Å²) in [6.07, 6.45) is 4.09. The fourth-order valence-electron chi connectivity index (χ4n) is 3.62. The highest BCUT2D eigenvalue weighted by molar-refractivity contribution is 6.00. The fourth-order valence-corrected chi connectivity index (χ4v) is 3.62. The molecule has 0 bridgehead atoms. The van der Waals surface area contributed by atoms with Gasteiger partial charge in [-0.25, -0.2) is 4.98 Å². The molecule has 1 aromatic heterocycles. The van der Waals surface area contributed by atoms with Crippen LogP contribution in [0.1, 0.15) is 23.6 Å². The maximum atomic E-state index is 4.81. The minimum absolute atomic E-state index is 0.938. The summed E-state index contributed by atoms with van der Waals surface area (Å²) in [5.41, 5.74) is 5.34. The van der Waals surface area contributed by atoms with Crippen molar-refractivity contribution in [3.63, 3.8) is 0 Å². The van der Waals surface area contributed by atoms with Gasteiger partial charge in [0, 0.05) is 30.9 Å². The van der Waals surface area contributed by atoms with Crippen molar-refractivity contribution in [1.29, 1.82) is 0 Å². The Hall–Kier alpha value is -2.55. The molecule has 3 heteroatoms. The van der Waals surface area contributed by atoms with Crippen molar-refractivity contribution in [1.82, 2.24) is 4.98 Å². The van der Waals surface area contributed by atoms with E-state index in [1.54, 1.807) is 0 Å². The molecule has 3 nitrogen and oxygen atoms in total. The van der Waals surface area contributed by atoms with Gasteiger partial charge in [0.1, 0.15) is 5.82 Å². The molecule has 1 aliphatic rings. The molecule has 2 heterocycles. The molecule has 4 rings (SSSR count). The summed E-state index contributed by atoms with van der Waals surface area (Å²) in [4.78, 5) is 7.23. The molecule has 0 fully saturated rings. The maximum Gasteiger partial charge on any atom is 0.136 e. The van der Waals surface area contributed by atoms with Gasteiger partial charge in [-0.1, -0.05) is 43.3 Å². The van der Waals surface area contributed by atoms with Crippen LogP contribution in [0.4, 0.5) is 11.5 Å². The highest BCUT2D eigenvalue weighted by Crippen LogP contribution is 2.33. The summed E-state index contributed by atoms with van der Waals surface area (Å²) in [5.74, 6) is 1.11. The lowest BCUT2D eigenvalue weighted by Crippen LogP contribution is -2.31. The molecule has 0 atom stereocenters. The number of rotatable bonds is 3. The minimum Gasteiger partial charge on any atom is -0.386 e. The van der Waals surface area contributed by atoms with E-state index in [-0.39, 0.29) is 0 Å². The second-order valence-electron chi connectivity index (χ2n) is 6.42. The van der Waals surface area contributed by atoms with E-state index < -0.39 is 0 Å². The number of aromatic nitrogens is 1. The van der Waals surface area contributed by atoms with E-state index in [0.717, 1.165) is 37.4 Å². The molecule has 24 heavy (non-hydrogen) atoms. The quantitative estimate of drug-likeness (QED) is 0.776. The Balaban J connectivity index is 1.82. The zero-order valence-electron chi connectivity index (χ0n) is 14.3. The Bertz CT molecular complexity index is 885. The summed E-state index contributed by atoms with van der Waals surface area (Å²) in [5, 5.41) is 5.77. The molecule has 0 radical (unpaired) electrons. The second kappa shape index (κ2) is 6.16. The summed E-state index contributed by atoms with van der Waals surface area (Å²) >= 11 is 0. The molecule has 0 amide bonds. The first kappa shape index (κ1) is 15.0. The second-order valence-corrected chi connectivity index (χ2v) is 6.42. The van der Waals surface area contributed by atoms with Crippen molar-refractivity contribution in [3.05, 3.63) is 65.4 Å². The van der Waals surface area contributed by atoms with Gasteiger partial charge >= 0.3 is 0 Å². The third kappa shape index (κ3) is 2.50. The van der Waals surface area contributed by atoms with Crippen molar-refractivity contribution in [3.8, 4) is 0 Å². The first-order valence-electron chi connectivity index (χ1n) is 8.71. The Morgan fingerprint density at radius 3 is 2.71 bits per heavy atom. The molecule has 3 aromatic rings. The van der Waals surface area contributed by atoms with Crippen LogP contribution < -0.4 is 10.2 Å². The summed E-state index contributed by atoms with van der Waals surface area (Å²) in [6.45, 7) is 4.16. The lowest BCUT2D eigenvalue weighted by Gasteiger charge is -2.31. The number of anilines is 2. The summed E-state index contributed by atoms with van der Waals surface area (Å²) < 4.78 is 0. The Labute approximate surface area is 143 Å². The van der Waals surface area contributed by atoms with Crippen molar-refractivity contribution >= 4 is 22.3 Å². The number of nitrogens with zero attached hydrogens (tertiary/aromatic N) is 2. The Kier molecular flexibility index (Phi) is 3.85. The van der Waals surface area contributed by atoms with E-state index in [0.29, 0.717) is 0 Å². The molecule has 0 spiro atoms. The van der Waals surface area contributed by atoms with Crippen LogP contribution in [0, 0.1) is 0 Å². The van der Waals surface area contributed by atoms with Gasteiger partial charge in [0.15, 0.2) is 0 Å². The van der Waals surface area contributed by atoms with Gasteiger partial charge in [0.05, 0.1) is 11.9 Å². The molecule has 122 valence electrons. The van der Waals surface area contributed by atoms with E-state index in [9.17, 15) is 0 Å². The van der Waals surface area contributed by atoms with Crippen LogP contribution in [-0.4, -0.2) is 18.6 Å². The van der Waals surface area contributed by atoms with Gasteiger partial charge in [-0.2, -0.15) is 0 Å². The number of fused-ring (bicyclic) bond motifs is 2. The first-order chi connectivity index (χ1) is 11.8.